The lowest BCUT2D eigenvalue weighted by Gasteiger charge is -2.03. The first-order chi connectivity index (χ1) is 11.0. The van der Waals surface area contributed by atoms with Crippen LogP contribution in [-0.4, -0.2) is 10.9 Å². The Bertz CT molecular complexity index is 877. The average molecular weight is 330 g/mol. The van der Waals surface area contributed by atoms with Crippen LogP contribution in [0.15, 0.2) is 47.8 Å². The predicted octanol–water partition coefficient (Wildman–Crippen LogP) is 4.65. The largest absolute Gasteiger partial charge is 0.298 e. The van der Waals surface area contributed by atoms with Gasteiger partial charge in [-0.3, -0.25) is 10.1 Å². The molecule has 3 aromatic rings. The van der Waals surface area contributed by atoms with Gasteiger partial charge in [-0.1, -0.05) is 17.7 Å². The molecule has 0 bridgehead atoms. The maximum absolute atomic E-state index is 13.7. The van der Waals surface area contributed by atoms with E-state index in [1.807, 2.05) is 13.0 Å². The molecule has 0 radical (unpaired) electrons. The Labute approximate surface area is 135 Å². The molecular formula is C17H12F2N2OS. The SMILES string of the molecule is Cc1cccc(C(=O)Nc2nc(-c3cc(F)ccc3F)cs2)c1. The lowest BCUT2D eigenvalue weighted by molar-refractivity contribution is 0.102. The van der Waals surface area contributed by atoms with Gasteiger partial charge in [0.05, 0.1) is 5.69 Å². The minimum atomic E-state index is -0.562. The van der Waals surface area contributed by atoms with E-state index in [2.05, 4.69) is 10.3 Å². The summed E-state index contributed by atoms with van der Waals surface area (Å²) in [5.74, 6) is -1.40. The Hall–Kier alpha value is -2.60. The van der Waals surface area contributed by atoms with Gasteiger partial charge in [0.15, 0.2) is 5.13 Å². The maximum atomic E-state index is 13.7. The van der Waals surface area contributed by atoms with Crippen molar-refractivity contribution in [3.05, 3.63) is 70.6 Å². The highest BCUT2D eigenvalue weighted by Crippen LogP contribution is 2.27. The zero-order valence-corrected chi connectivity index (χ0v) is 13.0. The minimum absolute atomic E-state index is 0.0669. The monoisotopic (exact) mass is 330 g/mol. The molecule has 2 aromatic carbocycles. The number of thiazole rings is 1. The number of aromatic nitrogens is 1. The molecule has 1 amide bonds. The van der Waals surface area contributed by atoms with Gasteiger partial charge < -0.3 is 0 Å². The molecule has 3 nitrogen and oxygen atoms in total. The van der Waals surface area contributed by atoms with E-state index >= 15 is 0 Å². The fraction of sp³-hybridized carbons (Fsp3) is 0.0588. The Morgan fingerprint density at radius 3 is 2.78 bits per heavy atom. The Balaban J connectivity index is 1.82. The molecule has 1 aromatic heterocycles. The molecule has 0 saturated heterocycles. The summed E-state index contributed by atoms with van der Waals surface area (Å²) >= 11 is 1.15. The van der Waals surface area contributed by atoms with Crippen LogP contribution in [0.25, 0.3) is 11.3 Å². The number of carbonyl (C=O) groups is 1. The van der Waals surface area contributed by atoms with Gasteiger partial charge in [-0.15, -0.1) is 11.3 Å². The van der Waals surface area contributed by atoms with Gasteiger partial charge in [0.2, 0.25) is 0 Å². The zero-order chi connectivity index (χ0) is 16.4. The van der Waals surface area contributed by atoms with E-state index in [4.69, 9.17) is 0 Å². The second-order valence-corrected chi connectivity index (χ2v) is 5.84. The van der Waals surface area contributed by atoms with Gasteiger partial charge in [-0.2, -0.15) is 0 Å². The Kier molecular flexibility index (Phi) is 4.16. The second kappa shape index (κ2) is 6.26. The smallest absolute Gasteiger partial charge is 0.257 e. The molecule has 0 fully saturated rings. The number of benzene rings is 2. The van der Waals surface area contributed by atoms with Crippen molar-refractivity contribution >= 4 is 22.4 Å². The first kappa shape index (κ1) is 15.3. The van der Waals surface area contributed by atoms with Crippen molar-refractivity contribution in [2.24, 2.45) is 0 Å². The molecule has 0 spiro atoms. The van der Waals surface area contributed by atoms with Crippen LogP contribution in [0.5, 0.6) is 0 Å². The first-order valence-electron chi connectivity index (χ1n) is 6.82. The summed E-state index contributed by atoms with van der Waals surface area (Å²) in [6, 6.07) is 10.3. The van der Waals surface area contributed by atoms with E-state index in [9.17, 15) is 13.6 Å². The van der Waals surface area contributed by atoms with Crippen LogP contribution >= 0.6 is 11.3 Å². The number of rotatable bonds is 3. The molecule has 1 N–H and O–H groups in total. The molecule has 0 aliphatic rings. The fourth-order valence-electron chi connectivity index (χ4n) is 2.10. The maximum Gasteiger partial charge on any atom is 0.257 e. The number of carbonyl (C=O) groups excluding carboxylic acids is 1. The summed E-state index contributed by atoms with van der Waals surface area (Å²) < 4.78 is 27.0. The molecule has 1 heterocycles. The third-order valence-electron chi connectivity index (χ3n) is 3.21. The number of amides is 1. The zero-order valence-electron chi connectivity index (χ0n) is 12.1. The van der Waals surface area contributed by atoms with Crippen LogP contribution in [-0.2, 0) is 0 Å². The van der Waals surface area contributed by atoms with Gasteiger partial charge in [0.1, 0.15) is 11.6 Å². The number of hydrogen-bond donors (Lipinski definition) is 1. The average Bonchev–Trinajstić information content (AvgIpc) is 2.98. The van der Waals surface area contributed by atoms with E-state index in [0.717, 1.165) is 35.1 Å². The van der Waals surface area contributed by atoms with Crippen LogP contribution in [0.4, 0.5) is 13.9 Å². The Morgan fingerprint density at radius 1 is 1.17 bits per heavy atom. The molecule has 0 atom stereocenters. The van der Waals surface area contributed by atoms with E-state index in [-0.39, 0.29) is 17.2 Å². The molecule has 23 heavy (non-hydrogen) atoms. The summed E-state index contributed by atoms with van der Waals surface area (Å²) in [5, 5.41) is 4.56. The highest BCUT2D eigenvalue weighted by atomic mass is 32.1. The number of nitrogens with one attached hydrogen (secondary N) is 1. The number of aryl methyl sites for hydroxylation is 1. The number of halogens is 2. The predicted molar refractivity (Wildman–Crippen MR) is 86.6 cm³/mol. The second-order valence-electron chi connectivity index (χ2n) is 4.99. The van der Waals surface area contributed by atoms with Crippen LogP contribution < -0.4 is 5.32 Å². The van der Waals surface area contributed by atoms with Gasteiger partial charge in [0.25, 0.3) is 5.91 Å². The normalized spacial score (nSPS) is 10.6. The van der Waals surface area contributed by atoms with Crippen molar-refractivity contribution in [3.8, 4) is 11.3 Å². The summed E-state index contributed by atoms with van der Waals surface area (Å²) in [6.45, 7) is 1.89. The van der Waals surface area contributed by atoms with Crippen LogP contribution in [0.3, 0.4) is 0 Å². The van der Waals surface area contributed by atoms with Gasteiger partial charge in [-0.05, 0) is 37.3 Å². The first-order valence-corrected chi connectivity index (χ1v) is 7.70. The van der Waals surface area contributed by atoms with Crippen molar-refractivity contribution in [1.29, 1.82) is 0 Å². The quantitative estimate of drug-likeness (QED) is 0.759. The molecule has 0 aliphatic carbocycles. The van der Waals surface area contributed by atoms with Crippen molar-refractivity contribution in [1.82, 2.24) is 4.98 Å². The summed E-state index contributed by atoms with van der Waals surface area (Å²) in [7, 11) is 0. The molecule has 0 saturated carbocycles. The third kappa shape index (κ3) is 3.43. The molecule has 0 aliphatic heterocycles. The van der Waals surface area contributed by atoms with Gasteiger partial charge in [0, 0.05) is 16.5 Å². The minimum Gasteiger partial charge on any atom is -0.298 e. The third-order valence-corrected chi connectivity index (χ3v) is 3.97. The van der Waals surface area contributed by atoms with E-state index in [1.54, 1.807) is 23.6 Å². The van der Waals surface area contributed by atoms with E-state index in [1.165, 1.54) is 0 Å². The van der Waals surface area contributed by atoms with Gasteiger partial charge >= 0.3 is 0 Å². The topological polar surface area (TPSA) is 42.0 Å². The number of nitrogens with zero attached hydrogens (tertiary/aromatic N) is 1. The number of anilines is 1. The standard InChI is InChI=1S/C17H12F2N2OS/c1-10-3-2-4-11(7-10)16(22)21-17-20-15(9-23-17)13-8-12(18)5-6-14(13)19/h2-9H,1H3,(H,20,21,22). The summed E-state index contributed by atoms with van der Waals surface area (Å²) in [6.07, 6.45) is 0. The van der Waals surface area contributed by atoms with Crippen molar-refractivity contribution < 1.29 is 13.6 Å². The molecular weight excluding hydrogens is 318 g/mol. The molecule has 6 heteroatoms. The fourth-order valence-corrected chi connectivity index (χ4v) is 2.81. The summed E-state index contributed by atoms with van der Waals surface area (Å²) in [4.78, 5) is 16.3. The molecule has 116 valence electrons. The van der Waals surface area contributed by atoms with Crippen LogP contribution in [0, 0.1) is 18.6 Å². The lowest BCUT2D eigenvalue weighted by Crippen LogP contribution is -2.11. The van der Waals surface area contributed by atoms with Crippen molar-refractivity contribution in [2.45, 2.75) is 6.92 Å². The highest BCUT2D eigenvalue weighted by molar-refractivity contribution is 7.14. The van der Waals surface area contributed by atoms with E-state index in [0.29, 0.717) is 10.7 Å². The van der Waals surface area contributed by atoms with E-state index < -0.39 is 11.6 Å². The van der Waals surface area contributed by atoms with Crippen molar-refractivity contribution in [2.75, 3.05) is 5.32 Å². The molecule has 3 rings (SSSR count). The highest BCUT2D eigenvalue weighted by Gasteiger charge is 2.13. The van der Waals surface area contributed by atoms with Gasteiger partial charge in [-0.25, -0.2) is 13.8 Å². The Morgan fingerprint density at radius 2 is 2.00 bits per heavy atom. The summed E-state index contributed by atoms with van der Waals surface area (Å²) in [5.41, 5.74) is 1.84. The van der Waals surface area contributed by atoms with Crippen LogP contribution in [0.1, 0.15) is 15.9 Å². The lowest BCUT2D eigenvalue weighted by atomic mass is 10.1. The molecule has 0 unspecified atom stereocenters. The van der Waals surface area contributed by atoms with Crippen molar-refractivity contribution in [3.63, 3.8) is 0 Å². The number of hydrogen-bond acceptors (Lipinski definition) is 3. The van der Waals surface area contributed by atoms with Crippen LogP contribution in [0.2, 0.25) is 0 Å².